The number of rotatable bonds is 4. The largest absolute Gasteiger partial charge is 0.384 e. The Hall–Kier alpha value is -3.33. The molecular formula is C17H17N3O5. The van der Waals surface area contributed by atoms with Gasteiger partial charge >= 0.3 is 0 Å². The van der Waals surface area contributed by atoms with Crippen LogP contribution in [0.3, 0.4) is 0 Å². The van der Waals surface area contributed by atoms with E-state index in [0.29, 0.717) is 5.56 Å². The average Bonchev–Trinajstić information content (AvgIpc) is 2.64. The molecule has 0 radical (unpaired) electrons. The highest BCUT2D eigenvalue weighted by Gasteiger charge is 2.33. The molecule has 3 amide bonds. The number of carbonyl (C=O) groups excluding carboxylic acids is 3. The smallest absolute Gasteiger partial charge is 0.275 e. The Morgan fingerprint density at radius 3 is 2.32 bits per heavy atom. The Kier molecular flexibility index (Phi) is 7.67. The number of aliphatic hydroxyl groups is 1. The second kappa shape index (κ2) is 9.73. The van der Waals surface area contributed by atoms with Gasteiger partial charge < -0.3 is 15.3 Å². The van der Waals surface area contributed by atoms with Gasteiger partial charge in [0.2, 0.25) is 0 Å². The maximum atomic E-state index is 12.4. The number of amides is 3. The summed E-state index contributed by atoms with van der Waals surface area (Å²) in [6, 6.07) is 4.61. The Morgan fingerprint density at radius 1 is 1.16 bits per heavy atom. The highest BCUT2D eigenvalue weighted by atomic mass is 16.5. The molecule has 0 saturated heterocycles. The summed E-state index contributed by atoms with van der Waals surface area (Å²) in [7, 11) is 2.58. The minimum Gasteiger partial charge on any atom is -0.384 e. The van der Waals surface area contributed by atoms with Gasteiger partial charge in [-0.3, -0.25) is 19.6 Å². The molecule has 0 fully saturated rings. The lowest BCUT2D eigenvalue weighted by Crippen LogP contribution is -2.54. The van der Waals surface area contributed by atoms with Crippen molar-refractivity contribution in [3.05, 3.63) is 35.4 Å². The maximum Gasteiger partial charge on any atom is 0.275 e. The van der Waals surface area contributed by atoms with Crippen molar-refractivity contribution in [3.8, 4) is 23.7 Å². The highest BCUT2D eigenvalue weighted by Crippen LogP contribution is 2.09. The molecule has 8 nitrogen and oxygen atoms in total. The van der Waals surface area contributed by atoms with E-state index in [0.717, 1.165) is 4.90 Å². The molecule has 0 heterocycles. The molecule has 0 aliphatic rings. The predicted octanol–water partition coefficient (Wildman–Crippen LogP) is -1.27. The Balaban J connectivity index is 2.98. The summed E-state index contributed by atoms with van der Waals surface area (Å²) in [4.78, 5) is 36.8. The van der Waals surface area contributed by atoms with Gasteiger partial charge in [-0.15, -0.1) is 0 Å². The maximum absolute atomic E-state index is 12.4. The third-order valence-electron chi connectivity index (χ3n) is 3.13. The van der Waals surface area contributed by atoms with E-state index >= 15 is 0 Å². The lowest BCUT2D eigenvalue weighted by atomic mass is 10.1. The molecule has 1 aromatic rings. The molecule has 1 aromatic carbocycles. The van der Waals surface area contributed by atoms with Crippen molar-refractivity contribution < 1.29 is 24.7 Å². The number of hydroxylamine groups is 1. The van der Waals surface area contributed by atoms with Gasteiger partial charge in [-0.1, -0.05) is 11.8 Å². The number of carbonyl (C=O) groups is 3. The second-order valence-corrected chi connectivity index (χ2v) is 4.70. The fourth-order valence-electron chi connectivity index (χ4n) is 1.87. The van der Waals surface area contributed by atoms with Gasteiger partial charge in [-0.05, 0) is 36.1 Å². The van der Waals surface area contributed by atoms with Crippen molar-refractivity contribution in [1.29, 1.82) is 0 Å². The monoisotopic (exact) mass is 343 g/mol. The van der Waals surface area contributed by atoms with Crippen LogP contribution in [0.25, 0.3) is 0 Å². The van der Waals surface area contributed by atoms with E-state index in [9.17, 15) is 14.4 Å². The molecule has 0 aromatic heterocycles. The minimum atomic E-state index is -1.52. The summed E-state index contributed by atoms with van der Waals surface area (Å²) in [5, 5.41) is 19.5. The summed E-state index contributed by atoms with van der Waals surface area (Å²) in [6.45, 7) is -0.275. The Labute approximate surface area is 144 Å². The lowest BCUT2D eigenvalue weighted by molar-refractivity contribution is -0.140. The first kappa shape index (κ1) is 19.7. The van der Waals surface area contributed by atoms with Crippen molar-refractivity contribution in [2.24, 2.45) is 0 Å². The van der Waals surface area contributed by atoms with Gasteiger partial charge in [-0.2, -0.15) is 0 Å². The molecule has 1 atom stereocenters. The first-order chi connectivity index (χ1) is 12.0. The van der Waals surface area contributed by atoms with Gasteiger partial charge in [-0.25, -0.2) is 5.48 Å². The zero-order chi connectivity index (χ0) is 18.8. The number of nitrogens with one attached hydrogen (secondary N) is 2. The summed E-state index contributed by atoms with van der Waals surface area (Å²) in [5.41, 5.74) is 2.20. The summed E-state index contributed by atoms with van der Waals surface area (Å²) < 4.78 is 0. The zero-order valence-electron chi connectivity index (χ0n) is 13.7. The van der Waals surface area contributed by atoms with Crippen molar-refractivity contribution in [2.75, 3.05) is 20.7 Å². The molecule has 0 spiro atoms. The lowest BCUT2D eigenvalue weighted by Gasteiger charge is -2.25. The third-order valence-corrected chi connectivity index (χ3v) is 3.13. The standard InChI is InChI=1S/C17H17N3O5/c1-18-15(22)14(16(23)19-25)20(2)17(24)13-9-7-12(8-10-13)6-4-3-5-11-21/h7-10,14,21,25H,11H2,1-2H3,(H,18,22)(H,19,23). The van der Waals surface area contributed by atoms with Crippen molar-refractivity contribution in [3.63, 3.8) is 0 Å². The van der Waals surface area contributed by atoms with Gasteiger partial charge in [0.1, 0.15) is 6.61 Å². The van der Waals surface area contributed by atoms with E-state index in [4.69, 9.17) is 10.3 Å². The molecule has 8 heteroatoms. The van der Waals surface area contributed by atoms with Crippen LogP contribution in [0.5, 0.6) is 0 Å². The fraction of sp³-hybridized carbons (Fsp3) is 0.235. The number of hydrogen-bond donors (Lipinski definition) is 4. The first-order valence-corrected chi connectivity index (χ1v) is 7.08. The molecule has 4 N–H and O–H groups in total. The number of hydrogen-bond acceptors (Lipinski definition) is 5. The van der Waals surface area contributed by atoms with Crippen LogP contribution in [-0.2, 0) is 9.59 Å². The van der Waals surface area contributed by atoms with Gasteiger partial charge in [0.25, 0.3) is 17.7 Å². The SMILES string of the molecule is CNC(=O)C(C(=O)NO)N(C)C(=O)c1ccc(C#CC#CCO)cc1. The van der Waals surface area contributed by atoms with E-state index in [1.165, 1.54) is 31.7 Å². The van der Waals surface area contributed by atoms with E-state index < -0.39 is 23.8 Å². The van der Waals surface area contributed by atoms with Crippen LogP contribution in [0.2, 0.25) is 0 Å². The molecule has 1 unspecified atom stereocenters. The summed E-state index contributed by atoms with van der Waals surface area (Å²) in [5.74, 6) is 7.74. The van der Waals surface area contributed by atoms with Crippen LogP contribution in [-0.4, -0.2) is 59.7 Å². The van der Waals surface area contributed by atoms with Crippen LogP contribution in [0.1, 0.15) is 15.9 Å². The number of likely N-dealkylation sites (N-methyl/N-ethyl adjacent to an activating group) is 2. The highest BCUT2D eigenvalue weighted by molar-refractivity contribution is 6.08. The molecule has 25 heavy (non-hydrogen) atoms. The Bertz CT molecular complexity index is 749. The van der Waals surface area contributed by atoms with Crippen LogP contribution in [0.15, 0.2) is 24.3 Å². The number of benzene rings is 1. The quantitative estimate of drug-likeness (QED) is 0.235. The summed E-state index contributed by atoms with van der Waals surface area (Å²) >= 11 is 0. The molecular weight excluding hydrogens is 326 g/mol. The van der Waals surface area contributed by atoms with E-state index in [1.54, 1.807) is 12.1 Å². The first-order valence-electron chi connectivity index (χ1n) is 7.08. The van der Waals surface area contributed by atoms with Crippen molar-refractivity contribution >= 4 is 17.7 Å². The molecule has 130 valence electrons. The van der Waals surface area contributed by atoms with E-state index in [-0.39, 0.29) is 12.2 Å². The normalized spacial score (nSPS) is 10.2. The van der Waals surface area contributed by atoms with Crippen LogP contribution < -0.4 is 10.8 Å². The topological polar surface area (TPSA) is 119 Å². The minimum absolute atomic E-state index is 0.231. The van der Waals surface area contributed by atoms with Crippen LogP contribution in [0, 0.1) is 23.7 Å². The molecule has 1 rings (SSSR count). The third kappa shape index (κ3) is 5.36. The van der Waals surface area contributed by atoms with Crippen molar-refractivity contribution in [2.45, 2.75) is 6.04 Å². The molecule has 0 bridgehead atoms. The van der Waals surface area contributed by atoms with E-state index in [2.05, 4.69) is 29.0 Å². The molecule has 0 aliphatic heterocycles. The van der Waals surface area contributed by atoms with Gasteiger partial charge in [0.15, 0.2) is 6.04 Å². The van der Waals surface area contributed by atoms with Crippen LogP contribution >= 0.6 is 0 Å². The fourth-order valence-corrected chi connectivity index (χ4v) is 1.87. The van der Waals surface area contributed by atoms with Gasteiger partial charge in [0.05, 0.1) is 0 Å². The summed E-state index contributed by atoms with van der Waals surface area (Å²) in [6.07, 6.45) is 0. The molecule has 0 aliphatic carbocycles. The average molecular weight is 343 g/mol. The van der Waals surface area contributed by atoms with Crippen molar-refractivity contribution in [1.82, 2.24) is 15.7 Å². The number of nitrogens with zero attached hydrogens (tertiary/aromatic N) is 1. The van der Waals surface area contributed by atoms with Crippen LogP contribution in [0.4, 0.5) is 0 Å². The van der Waals surface area contributed by atoms with E-state index in [1.807, 2.05) is 0 Å². The zero-order valence-corrected chi connectivity index (χ0v) is 13.7. The number of aliphatic hydroxyl groups excluding tert-OH is 1. The predicted molar refractivity (Wildman–Crippen MR) is 88.1 cm³/mol. The molecule has 0 saturated carbocycles. The van der Waals surface area contributed by atoms with Gasteiger partial charge in [0, 0.05) is 25.2 Å². The Morgan fingerprint density at radius 2 is 1.80 bits per heavy atom. The second-order valence-electron chi connectivity index (χ2n) is 4.70.